The zero-order valence-electron chi connectivity index (χ0n) is 21.8. The van der Waals surface area contributed by atoms with Crippen molar-refractivity contribution in [1.29, 1.82) is 0 Å². The minimum absolute atomic E-state index is 0.386. The van der Waals surface area contributed by atoms with Crippen molar-refractivity contribution in [2.45, 2.75) is 0 Å². The topological polar surface area (TPSA) is 108 Å². The highest BCUT2D eigenvalue weighted by molar-refractivity contribution is 5.97. The number of rotatable bonds is 10. The largest absolute Gasteiger partial charge is 0.494 e. The number of amides is 1. The molecule has 0 aliphatic heterocycles. The van der Waals surface area contributed by atoms with Crippen LogP contribution in [0.4, 0.5) is 23.0 Å². The fourth-order valence-electron chi connectivity index (χ4n) is 4.15. The lowest BCUT2D eigenvalue weighted by Crippen LogP contribution is -2.29. The molecule has 194 valence electrons. The number of ether oxygens (including phenoxy) is 1. The lowest BCUT2D eigenvalue weighted by molar-refractivity contribution is -0.118. The van der Waals surface area contributed by atoms with E-state index in [9.17, 15) is 9.90 Å². The van der Waals surface area contributed by atoms with Crippen LogP contribution in [-0.2, 0) is 11.8 Å². The number of para-hydroxylation sites is 1. The highest BCUT2D eigenvalue weighted by Gasteiger charge is 2.17. The molecule has 2 aromatic heterocycles. The monoisotopic (exact) mass is 503 g/mol. The molecule has 0 fully saturated rings. The number of aryl methyl sites for hydroxylation is 1. The molecule has 1 amide bonds. The van der Waals surface area contributed by atoms with Gasteiger partial charge < -0.3 is 34.8 Å². The van der Waals surface area contributed by atoms with Gasteiger partial charge in [-0.1, -0.05) is 18.2 Å². The fraction of sp³-hybridized carbons (Fsp3) is 0.296. The molecule has 10 nitrogen and oxygen atoms in total. The van der Waals surface area contributed by atoms with Gasteiger partial charge in [-0.2, -0.15) is 0 Å². The molecule has 2 heterocycles. The number of benzene rings is 2. The Labute approximate surface area is 216 Å². The van der Waals surface area contributed by atoms with Gasteiger partial charge in [-0.25, -0.2) is 9.97 Å². The molecule has 2 aromatic carbocycles. The van der Waals surface area contributed by atoms with E-state index in [1.54, 1.807) is 19.4 Å². The van der Waals surface area contributed by atoms with Gasteiger partial charge in [0.25, 0.3) is 0 Å². The van der Waals surface area contributed by atoms with E-state index in [1.165, 1.54) is 0 Å². The molecule has 4 aromatic rings. The van der Waals surface area contributed by atoms with Gasteiger partial charge in [-0.3, -0.25) is 4.79 Å². The quantitative estimate of drug-likeness (QED) is 0.303. The Morgan fingerprint density at radius 3 is 2.62 bits per heavy atom. The molecule has 37 heavy (non-hydrogen) atoms. The average Bonchev–Trinajstić information content (AvgIpc) is 3.24. The van der Waals surface area contributed by atoms with Crippen molar-refractivity contribution < 1.29 is 14.6 Å². The van der Waals surface area contributed by atoms with E-state index in [1.807, 2.05) is 57.4 Å². The highest BCUT2D eigenvalue weighted by Crippen LogP contribution is 2.38. The Morgan fingerprint density at radius 1 is 1.11 bits per heavy atom. The van der Waals surface area contributed by atoms with Gasteiger partial charge in [0, 0.05) is 62.1 Å². The van der Waals surface area contributed by atoms with Gasteiger partial charge in [0.05, 0.1) is 29.9 Å². The molecule has 0 radical (unpaired) electrons. The maximum absolute atomic E-state index is 12.1. The molecular weight excluding hydrogens is 470 g/mol. The van der Waals surface area contributed by atoms with Gasteiger partial charge in [0.2, 0.25) is 11.9 Å². The zero-order valence-corrected chi connectivity index (χ0v) is 21.8. The summed E-state index contributed by atoms with van der Waals surface area (Å²) in [5.41, 5.74) is 4.78. The third-order valence-corrected chi connectivity index (χ3v) is 6.10. The molecule has 0 unspecified atom stereocenters. The number of nitrogens with zero attached hydrogens (tertiary/aromatic N) is 5. The summed E-state index contributed by atoms with van der Waals surface area (Å²) in [7, 11) is 9.54. The third kappa shape index (κ3) is 5.82. The summed E-state index contributed by atoms with van der Waals surface area (Å²) >= 11 is 0. The second-order valence-corrected chi connectivity index (χ2v) is 9.06. The van der Waals surface area contributed by atoms with Crippen molar-refractivity contribution >= 4 is 39.8 Å². The third-order valence-electron chi connectivity index (χ3n) is 6.10. The number of nitrogens with one attached hydrogen (secondary N) is 2. The molecule has 0 aliphatic carbocycles. The molecule has 3 N–H and O–H groups in total. The van der Waals surface area contributed by atoms with Crippen LogP contribution in [0.15, 0.2) is 54.9 Å². The van der Waals surface area contributed by atoms with E-state index < -0.39 is 12.5 Å². The Balaban J connectivity index is 1.70. The first-order chi connectivity index (χ1) is 17.8. The number of carbonyl (C=O) groups is 1. The second-order valence-electron chi connectivity index (χ2n) is 9.06. The van der Waals surface area contributed by atoms with E-state index >= 15 is 0 Å². The number of methoxy groups -OCH3 is 1. The Kier molecular flexibility index (Phi) is 7.90. The lowest BCUT2D eigenvalue weighted by atomic mass is 10.1. The maximum atomic E-state index is 12.1. The molecule has 0 saturated heterocycles. The Bertz CT molecular complexity index is 1400. The van der Waals surface area contributed by atoms with E-state index in [-0.39, 0.29) is 0 Å². The SMILES string of the molecule is COc1cc(N(C)CCN(C)C)c(NC(=O)CO)cc1Nc1nccc(-c2cn(C)c3ccccc23)n1. The van der Waals surface area contributed by atoms with Gasteiger partial charge in [-0.05, 0) is 32.3 Å². The molecule has 0 atom stereocenters. The van der Waals surface area contributed by atoms with Crippen molar-refractivity contribution in [1.82, 2.24) is 19.4 Å². The summed E-state index contributed by atoms with van der Waals surface area (Å²) in [6, 6.07) is 13.7. The number of aromatic nitrogens is 3. The van der Waals surface area contributed by atoms with Gasteiger partial charge in [-0.15, -0.1) is 0 Å². The lowest BCUT2D eigenvalue weighted by Gasteiger charge is -2.26. The summed E-state index contributed by atoms with van der Waals surface area (Å²) in [6.45, 7) is 0.925. The number of anilines is 4. The second kappa shape index (κ2) is 11.3. The van der Waals surface area contributed by atoms with Crippen LogP contribution in [0.25, 0.3) is 22.2 Å². The standard InChI is InChI=1S/C27H33N7O3/c1-32(2)12-13-33(3)24-15-25(37-5)22(14-21(24)29-26(36)17-35)31-27-28-11-10-20(30-27)19-16-34(4)23-9-7-6-8-18(19)23/h6-11,14-16,35H,12-13,17H2,1-5H3,(H,29,36)(H,28,30,31). The first-order valence-corrected chi connectivity index (χ1v) is 11.9. The van der Waals surface area contributed by atoms with Crippen LogP contribution in [0.2, 0.25) is 0 Å². The molecule has 0 bridgehead atoms. The van der Waals surface area contributed by atoms with Crippen LogP contribution in [0.5, 0.6) is 5.75 Å². The summed E-state index contributed by atoms with van der Waals surface area (Å²) in [5.74, 6) is 0.442. The number of hydrogen-bond donors (Lipinski definition) is 3. The van der Waals surface area contributed by atoms with Gasteiger partial charge in [0.1, 0.15) is 12.4 Å². The smallest absolute Gasteiger partial charge is 0.250 e. The molecule has 4 rings (SSSR count). The fourth-order valence-corrected chi connectivity index (χ4v) is 4.15. The number of carbonyl (C=O) groups excluding carboxylic acids is 1. The van der Waals surface area contributed by atoms with E-state index in [4.69, 9.17) is 9.72 Å². The molecule has 10 heteroatoms. The predicted molar refractivity (Wildman–Crippen MR) is 148 cm³/mol. The van der Waals surface area contributed by atoms with Crippen LogP contribution in [0, 0.1) is 0 Å². The van der Waals surface area contributed by atoms with E-state index in [0.29, 0.717) is 23.1 Å². The van der Waals surface area contributed by atoms with Gasteiger partial charge >= 0.3 is 0 Å². The molecule has 0 saturated carbocycles. The average molecular weight is 504 g/mol. The van der Waals surface area contributed by atoms with Crippen LogP contribution in [0.1, 0.15) is 0 Å². The molecule has 0 aliphatic rings. The minimum atomic E-state index is -0.619. The summed E-state index contributed by atoms with van der Waals surface area (Å²) < 4.78 is 7.75. The van der Waals surface area contributed by atoms with Crippen molar-refractivity contribution in [3.63, 3.8) is 0 Å². The van der Waals surface area contributed by atoms with Gasteiger partial charge in [0.15, 0.2) is 0 Å². The zero-order chi connectivity index (χ0) is 26.5. The number of hydrogen-bond acceptors (Lipinski definition) is 8. The van der Waals surface area contributed by atoms with Crippen molar-refractivity contribution in [3.05, 3.63) is 54.9 Å². The summed E-state index contributed by atoms with van der Waals surface area (Å²) in [4.78, 5) is 25.4. The van der Waals surface area contributed by atoms with Crippen molar-refractivity contribution in [2.24, 2.45) is 7.05 Å². The minimum Gasteiger partial charge on any atom is -0.494 e. The number of fused-ring (bicyclic) bond motifs is 1. The number of aliphatic hydroxyl groups excluding tert-OH is 1. The van der Waals surface area contributed by atoms with Crippen LogP contribution in [0.3, 0.4) is 0 Å². The van der Waals surface area contributed by atoms with Crippen molar-refractivity contribution in [2.75, 3.05) is 63.5 Å². The Hall–Kier alpha value is -4.15. The van der Waals surface area contributed by atoms with E-state index in [0.717, 1.165) is 40.9 Å². The van der Waals surface area contributed by atoms with Crippen LogP contribution < -0.4 is 20.3 Å². The number of likely N-dealkylation sites (N-methyl/N-ethyl adjacent to an activating group) is 2. The summed E-state index contributed by atoms with van der Waals surface area (Å²) in [6.07, 6.45) is 3.76. The van der Waals surface area contributed by atoms with Crippen molar-refractivity contribution in [3.8, 4) is 17.0 Å². The van der Waals surface area contributed by atoms with Crippen LogP contribution >= 0.6 is 0 Å². The Morgan fingerprint density at radius 2 is 1.89 bits per heavy atom. The first kappa shape index (κ1) is 25.9. The summed E-state index contributed by atoms with van der Waals surface area (Å²) in [5, 5.41) is 16.5. The maximum Gasteiger partial charge on any atom is 0.250 e. The molecular formula is C27H33N7O3. The normalized spacial score (nSPS) is 11.1. The first-order valence-electron chi connectivity index (χ1n) is 11.9. The van der Waals surface area contributed by atoms with E-state index in [2.05, 4.69) is 43.4 Å². The number of aliphatic hydroxyl groups is 1. The predicted octanol–water partition coefficient (Wildman–Crippen LogP) is 3.32. The molecule has 0 spiro atoms. The van der Waals surface area contributed by atoms with Crippen LogP contribution in [-0.4, -0.2) is 78.4 Å². The highest BCUT2D eigenvalue weighted by atomic mass is 16.5.